The van der Waals surface area contributed by atoms with Crippen molar-refractivity contribution < 1.29 is 9.53 Å². The maximum Gasteiger partial charge on any atom is 0.270 e. The van der Waals surface area contributed by atoms with Gasteiger partial charge in [0.15, 0.2) is 0 Å². The van der Waals surface area contributed by atoms with Gasteiger partial charge in [-0.1, -0.05) is 19.9 Å². The van der Waals surface area contributed by atoms with E-state index in [0.29, 0.717) is 25.3 Å². The van der Waals surface area contributed by atoms with Gasteiger partial charge in [0.05, 0.1) is 23.3 Å². The molecule has 1 atom stereocenters. The molecule has 4 aromatic rings. The van der Waals surface area contributed by atoms with Gasteiger partial charge in [0.2, 0.25) is 0 Å². The number of fused-ring (bicyclic) bond motifs is 1. The van der Waals surface area contributed by atoms with Gasteiger partial charge in [-0.05, 0) is 41.8 Å². The van der Waals surface area contributed by atoms with Gasteiger partial charge in [-0.3, -0.25) is 14.5 Å². The quantitative estimate of drug-likeness (QED) is 0.495. The van der Waals surface area contributed by atoms with E-state index in [-0.39, 0.29) is 17.4 Å². The molecule has 0 saturated carbocycles. The van der Waals surface area contributed by atoms with Gasteiger partial charge >= 0.3 is 0 Å². The summed E-state index contributed by atoms with van der Waals surface area (Å²) in [7, 11) is 3.89. The molecule has 1 fully saturated rings. The van der Waals surface area contributed by atoms with Crippen LogP contribution in [-0.2, 0) is 25.3 Å². The van der Waals surface area contributed by atoms with Crippen LogP contribution in [-0.4, -0.2) is 49.5 Å². The second kappa shape index (κ2) is 8.68. The first-order valence-corrected chi connectivity index (χ1v) is 11.6. The summed E-state index contributed by atoms with van der Waals surface area (Å²) in [6.45, 7) is 5.54. The molecule has 176 valence electrons. The van der Waals surface area contributed by atoms with Crippen molar-refractivity contribution in [1.29, 1.82) is 0 Å². The van der Waals surface area contributed by atoms with Crippen LogP contribution in [0.25, 0.3) is 22.4 Å². The lowest BCUT2D eigenvalue weighted by molar-refractivity contribution is -0.0116. The highest BCUT2D eigenvalue weighted by atomic mass is 16.5. The third-order valence-corrected chi connectivity index (χ3v) is 6.61. The molecule has 1 aliphatic heterocycles. The zero-order chi connectivity index (χ0) is 23.9. The number of rotatable bonds is 5. The first-order chi connectivity index (χ1) is 16.3. The van der Waals surface area contributed by atoms with E-state index in [2.05, 4.69) is 44.9 Å². The number of ether oxygens (including phenoxy) is 1. The van der Waals surface area contributed by atoms with Crippen molar-refractivity contribution >= 4 is 16.9 Å². The van der Waals surface area contributed by atoms with Crippen molar-refractivity contribution in [1.82, 2.24) is 29.6 Å². The SMILES string of the molecule is Cn1ccc(-c2ccc(Cc3cc(C(=O)NC4CCOCC4(C)C)nc4ccn(C)c34)cn2)n1. The van der Waals surface area contributed by atoms with Gasteiger partial charge in [0.1, 0.15) is 11.4 Å². The van der Waals surface area contributed by atoms with E-state index in [1.165, 1.54) is 0 Å². The molecule has 0 bridgehead atoms. The molecule has 5 heterocycles. The van der Waals surface area contributed by atoms with Gasteiger partial charge in [-0.15, -0.1) is 0 Å². The maximum absolute atomic E-state index is 13.2. The highest BCUT2D eigenvalue weighted by molar-refractivity contribution is 5.95. The van der Waals surface area contributed by atoms with Gasteiger partial charge in [0, 0.05) is 57.2 Å². The highest BCUT2D eigenvalue weighted by Crippen LogP contribution is 2.28. The molecule has 34 heavy (non-hydrogen) atoms. The number of hydrogen-bond acceptors (Lipinski definition) is 5. The predicted molar refractivity (Wildman–Crippen MR) is 130 cm³/mol. The highest BCUT2D eigenvalue weighted by Gasteiger charge is 2.34. The van der Waals surface area contributed by atoms with Crippen LogP contribution < -0.4 is 5.32 Å². The summed E-state index contributed by atoms with van der Waals surface area (Å²) in [6.07, 6.45) is 7.21. The molecule has 0 radical (unpaired) electrons. The molecule has 1 aliphatic rings. The fourth-order valence-electron chi connectivity index (χ4n) is 4.62. The van der Waals surface area contributed by atoms with Crippen LogP contribution in [0.1, 0.15) is 41.9 Å². The second-order valence-electron chi connectivity index (χ2n) is 9.79. The summed E-state index contributed by atoms with van der Waals surface area (Å²) in [5.74, 6) is -0.143. The molecule has 0 aliphatic carbocycles. The standard InChI is InChI=1S/C26H30N6O2/c1-26(2)16-34-12-9-23(26)29-25(33)22-14-18(24-21(28-22)7-10-31(24)3)13-17-5-6-19(27-15-17)20-8-11-32(4)30-20/h5-8,10-11,14-15,23H,9,12-13,16H2,1-4H3,(H,29,33). The van der Waals surface area contributed by atoms with E-state index in [9.17, 15) is 4.79 Å². The minimum Gasteiger partial charge on any atom is -0.381 e. The molecule has 8 nitrogen and oxygen atoms in total. The van der Waals surface area contributed by atoms with Crippen molar-refractivity contribution in [2.45, 2.75) is 32.7 Å². The Kier molecular flexibility index (Phi) is 5.69. The molecule has 0 aromatic carbocycles. The summed E-state index contributed by atoms with van der Waals surface area (Å²) in [5.41, 5.74) is 5.95. The van der Waals surface area contributed by atoms with Crippen LogP contribution in [0.5, 0.6) is 0 Å². The molecule has 1 N–H and O–H groups in total. The number of carbonyl (C=O) groups excluding carboxylic acids is 1. The Morgan fingerprint density at radius 2 is 2.03 bits per heavy atom. The van der Waals surface area contributed by atoms with Crippen molar-refractivity contribution in [3.63, 3.8) is 0 Å². The van der Waals surface area contributed by atoms with E-state index in [1.807, 2.05) is 57.0 Å². The Morgan fingerprint density at radius 1 is 1.18 bits per heavy atom. The van der Waals surface area contributed by atoms with E-state index in [1.54, 1.807) is 4.68 Å². The van der Waals surface area contributed by atoms with Crippen LogP contribution >= 0.6 is 0 Å². The average Bonchev–Trinajstić information content (AvgIpc) is 3.41. The van der Waals surface area contributed by atoms with Gasteiger partial charge < -0.3 is 14.6 Å². The van der Waals surface area contributed by atoms with Crippen molar-refractivity contribution in [2.75, 3.05) is 13.2 Å². The minimum atomic E-state index is -0.143. The van der Waals surface area contributed by atoms with Gasteiger partial charge in [0.25, 0.3) is 5.91 Å². The molecular weight excluding hydrogens is 428 g/mol. The lowest BCUT2D eigenvalue weighted by Gasteiger charge is -2.38. The van der Waals surface area contributed by atoms with Crippen LogP contribution in [0.4, 0.5) is 0 Å². The monoisotopic (exact) mass is 458 g/mol. The van der Waals surface area contributed by atoms with Crippen molar-refractivity contribution in [2.24, 2.45) is 19.5 Å². The number of aromatic nitrogens is 5. The Hall–Kier alpha value is -3.52. The zero-order valence-electron chi connectivity index (χ0n) is 20.1. The second-order valence-corrected chi connectivity index (χ2v) is 9.79. The van der Waals surface area contributed by atoms with E-state index in [4.69, 9.17) is 4.74 Å². The first-order valence-electron chi connectivity index (χ1n) is 11.6. The Morgan fingerprint density at radius 3 is 2.74 bits per heavy atom. The Balaban J connectivity index is 1.43. The van der Waals surface area contributed by atoms with Crippen LogP contribution in [0.3, 0.4) is 0 Å². The smallest absolute Gasteiger partial charge is 0.270 e. The average molecular weight is 459 g/mol. The summed E-state index contributed by atoms with van der Waals surface area (Å²) in [6, 6.07) is 9.92. The molecular formula is C26H30N6O2. The molecule has 1 saturated heterocycles. The number of carbonyl (C=O) groups is 1. The Labute approximate surface area is 199 Å². The molecule has 5 rings (SSSR count). The minimum absolute atomic E-state index is 0.0498. The molecule has 4 aromatic heterocycles. The molecule has 1 amide bonds. The first kappa shape index (κ1) is 22.3. The van der Waals surface area contributed by atoms with Gasteiger partial charge in [-0.25, -0.2) is 4.98 Å². The van der Waals surface area contributed by atoms with Crippen LogP contribution in [0.15, 0.2) is 48.9 Å². The predicted octanol–water partition coefficient (Wildman–Crippen LogP) is 3.50. The normalized spacial score (nSPS) is 17.7. The number of nitrogens with zero attached hydrogens (tertiary/aromatic N) is 5. The van der Waals surface area contributed by atoms with E-state index in [0.717, 1.165) is 40.0 Å². The zero-order valence-corrected chi connectivity index (χ0v) is 20.1. The number of aryl methyl sites for hydroxylation is 2. The summed E-state index contributed by atoms with van der Waals surface area (Å²) in [5, 5.41) is 7.63. The summed E-state index contributed by atoms with van der Waals surface area (Å²) >= 11 is 0. The number of hydrogen-bond donors (Lipinski definition) is 1. The summed E-state index contributed by atoms with van der Waals surface area (Å²) < 4.78 is 9.42. The van der Waals surface area contributed by atoms with Gasteiger partial charge in [-0.2, -0.15) is 5.10 Å². The summed E-state index contributed by atoms with van der Waals surface area (Å²) in [4.78, 5) is 22.5. The van der Waals surface area contributed by atoms with Crippen molar-refractivity contribution in [3.05, 3.63) is 65.7 Å². The number of pyridine rings is 2. The topological polar surface area (TPSA) is 86.9 Å². The molecule has 1 unspecified atom stereocenters. The van der Waals surface area contributed by atoms with E-state index < -0.39 is 0 Å². The maximum atomic E-state index is 13.2. The van der Waals surface area contributed by atoms with Crippen LogP contribution in [0.2, 0.25) is 0 Å². The molecule has 8 heteroatoms. The number of nitrogens with one attached hydrogen (secondary N) is 1. The van der Waals surface area contributed by atoms with Crippen LogP contribution in [0, 0.1) is 5.41 Å². The largest absolute Gasteiger partial charge is 0.381 e. The van der Waals surface area contributed by atoms with E-state index >= 15 is 0 Å². The lowest BCUT2D eigenvalue weighted by Crippen LogP contribution is -2.50. The van der Waals surface area contributed by atoms with Crippen molar-refractivity contribution in [3.8, 4) is 11.4 Å². The fraction of sp³-hybridized carbons (Fsp3) is 0.385. The Bertz CT molecular complexity index is 1340. The number of amides is 1. The fourth-order valence-corrected chi connectivity index (χ4v) is 4.62. The third-order valence-electron chi connectivity index (χ3n) is 6.61. The lowest BCUT2D eigenvalue weighted by atomic mass is 9.82. The third kappa shape index (κ3) is 4.33. The molecule has 0 spiro atoms.